The van der Waals surface area contributed by atoms with Crippen molar-refractivity contribution in [2.24, 2.45) is 0 Å². The van der Waals surface area contributed by atoms with Gasteiger partial charge in [0.25, 0.3) is 0 Å². The zero-order chi connectivity index (χ0) is 18.7. The number of nitrogens with zero attached hydrogens (tertiary/aromatic N) is 5. The second-order valence-corrected chi connectivity index (χ2v) is 7.60. The largest absolute Gasteiger partial charge is 0.423 e. The first-order valence-corrected chi connectivity index (χ1v) is 8.90. The Morgan fingerprint density at radius 3 is 2.46 bits per heavy atom. The van der Waals surface area contributed by atoms with E-state index in [2.05, 4.69) is 15.5 Å². The second-order valence-electron chi connectivity index (χ2n) is 5.45. The van der Waals surface area contributed by atoms with E-state index in [1.54, 1.807) is 24.3 Å². The molecule has 0 amide bonds. The van der Waals surface area contributed by atoms with E-state index >= 15 is 0 Å². The quantitative estimate of drug-likeness (QED) is 0.487. The molecule has 0 fully saturated rings. The average Bonchev–Trinajstić information content (AvgIpc) is 3.16. The summed E-state index contributed by atoms with van der Waals surface area (Å²) in [6.07, 6.45) is 1.42. The van der Waals surface area contributed by atoms with Crippen LogP contribution >= 0.6 is 0 Å². The number of hydrogen-bond acceptors (Lipinski definition) is 7. The van der Waals surface area contributed by atoms with Gasteiger partial charge in [0.15, 0.2) is 0 Å². The second kappa shape index (κ2) is 7.02. The maximum absolute atomic E-state index is 12.3. The molecule has 3 rings (SSSR count). The van der Waals surface area contributed by atoms with Gasteiger partial charge in [-0.15, -0.1) is 5.10 Å². The molecule has 0 radical (unpaired) electrons. The van der Waals surface area contributed by atoms with Gasteiger partial charge in [-0.05, 0) is 46.8 Å². The molecule has 2 aromatic carbocycles. The number of tetrazole rings is 1. The predicted molar refractivity (Wildman–Crippen MR) is 91.4 cm³/mol. The molecular formula is C16H15N5O4S. The van der Waals surface area contributed by atoms with Crippen molar-refractivity contribution < 1.29 is 17.9 Å². The molecule has 1 heterocycles. The summed E-state index contributed by atoms with van der Waals surface area (Å²) in [5.41, 5.74) is 0.864. The van der Waals surface area contributed by atoms with Crippen LogP contribution in [0.4, 0.5) is 0 Å². The Morgan fingerprint density at radius 1 is 1.12 bits per heavy atom. The Labute approximate surface area is 149 Å². The minimum absolute atomic E-state index is 0.0970. The molecule has 0 bridgehead atoms. The Balaban J connectivity index is 1.78. The molecule has 9 nitrogen and oxygen atoms in total. The molecule has 0 atom stereocenters. The monoisotopic (exact) mass is 373 g/mol. The van der Waals surface area contributed by atoms with Crippen molar-refractivity contribution in [2.75, 3.05) is 14.1 Å². The minimum Gasteiger partial charge on any atom is -0.423 e. The summed E-state index contributed by atoms with van der Waals surface area (Å²) < 4.78 is 32.0. The van der Waals surface area contributed by atoms with Gasteiger partial charge in [0, 0.05) is 20.2 Å². The van der Waals surface area contributed by atoms with E-state index in [1.807, 2.05) is 0 Å². The number of rotatable bonds is 5. The molecule has 0 aliphatic rings. The van der Waals surface area contributed by atoms with E-state index < -0.39 is 16.0 Å². The number of carbonyl (C=O) groups is 1. The summed E-state index contributed by atoms with van der Waals surface area (Å²) in [6, 6.07) is 12.2. The standard InChI is InChI=1S/C16H15N5O4S/c1-20(2)26(23,24)15-8-6-12(7-9-15)16(22)25-14-5-3-4-13(10-14)21-11-17-18-19-21/h3-11H,1-2H3. The maximum Gasteiger partial charge on any atom is 0.343 e. The molecule has 1 aromatic heterocycles. The van der Waals surface area contributed by atoms with E-state index in [0.717, 1.165) is 4.31 Å². The molecule has 0 spiro atoms. The van der Waals surface area contributed by atoms with Gasteiger partial charge in [0.2, 0.25) is 10.0 Å². The van der Waals surface area contributed by atoms with E-state index in [-0.39, 0.29) is 10.5 Å². The van der Waals surface area contributed by atoms with Crippen molar-refractivity contribution in [1.29, 1.82) is 0 Å². The number of esters is 1. The predicted octanol–water partition coefficient (Wildman–Crippen LogP) is 1.13. The third kappa shape index (κ3) is 3.60. The van der Waals surface area contributed by atoms with Gasteiger partial charge in [-0.1, -0.05) is 6.07 Å². The van der Waals surface area contributed by atoms with Crippen molar-refractivity contribution in [3.8, 4) is 11.4 Å². The van der Waals surface area contributed by atoms with Crippen molar-refractivity contribution in [1.82, 2.24) is 24.5 Å². The number of benzene rings is 2. The van der Waals surface area contributed by atoms with Crippen LogP contribution in [0.1, 0.15) is 10.4 Å². The molecule has 10 heteroatoms. The van der Waals surface area contributed by atoms with Crippen LogP contribution in [0.5, 0.6) is 5.75 Å². The summed E-state index contributed by atoms with van der Waals surface area (Å²) >= 11 is 0. The fourth-order valence-electron chi connectivity index (χ4n) is 2.11. The first-order chi connectivity index (χ1) is 12.4. The van der Waals surface area contributed by atoms with Gasteiger partial charge < -0.3 is 4.74 Å². The lowest BCUT2D eigenvalue weighted by atomic mass is 10.2. The van der Waals surface area contributed by atoms with Crippen LogP contribution in [0.15, 0.2) is 59.8 Å². The Hall–Kier alpha value is -3.11. The highest BCUT2D eigenvalue weighted by Crippen LogP contribution is 2.19. The number of hydrogen-bond donors (Lipinski definition) is 0. The van der Waals surface area contributed by atoms with Crippen LogP contribution in [0.2, 0.25) is 0 Å². The number of carbonyl (C=O) groups excluding carboxylic acids is 1. The Kier molecular flexibility index (Phi) is 4.78. The lowest BCUT2D eigenvalue weighted by Crippen LogP contribution is -2.22. The highest BCUT2D eigenvalue weighted by molar-refractivity contribution is 7.89. The third-order valence-corrected chi connectivity index (χ3v) is 5.34. The zero-order valence-corrected chi connectivity index (χ0v) is 14.8. The van der Waals surface area contributed by atoms with Crippen LogP contribution in [-0.2, 0) is 10.0 Å². The van der Waals surface area contributed by atoms with Crippen molar-refractivity contribution in [2.45, 2.75) is 4.90 Å². The van der Waals surface area contributed by atoms with Gasteiger partial charge in [-0.2, -0.15) is 0 Å². The molecular weight excluding hydrogens is 358 g/mol. The molecule has 0 saturated carbocycles. The van der Waals surface area contributed by atoms with Crippen molar-refractivity contribution >= 4 is 16.0 Å². The van der Waals surface area contributed by atoms with Crippen LogP contribution < -0.4 is 4.74 Å². The van der Waals surface area contributed by atoms with Gasteiger partial charge in [-0.25, -0.2) is 22.2 Å². The summed E-state index contributed by atoms with van der Waals surface area (Å²) in [5, 5.41) is 10.9. The van der Waals surface area contributed by atoms with Crippen molar-refractivity contribution in [3.05, 3.63) is 60.4 Å². The Bertz CT molecular complexity index is 1020. The average molecular weight is 373 g/mol. The molecule has 26 heavy (non-hydrogen) atoms. The minimum atomic E-state index is -3.55. The number of sulfonamides is 1. The molecule has 0 saturated heterocycles. The first kappa shape index (κ1) is 17.7. The van der Waals surface area contributed by atoms with Crippen LogP contribution in [-0.4, -0.2) is 53.0 Å². The normalized spacial score (nSPS) is 11.5. The number of aromatic nitrogens is 4. The van der Waals surface area contributed by atoms with Crippen LogP contribution in [0, 0.1) is 0 Å². The van der Waals surface area contributed by atoms with Gasteiger partial charge in [0.05, 0.1) is 16.1 Å². The topological polar surface area (TPSA) is 107 Å². The summed E-state index contributed by atoms with van der Waals surface area (Å²) in [5.74, 6) is -0.291. The number of ether oxygens (including phenoxy) is 1. The molecule has 0 N–H and O–H groups in total. The lowest BCUT2D eigenvalue weighted by Gasteiger charge is -2.11. The summed E-state index contributed by atoms with van der Waals surface area (Å²) in [4.78, 5) is 12.4. The highest BCUT2D eigenvalue weighted by Gasteiger charge is 2.18. The maximum atomic E-state index is 12.3. The molecule has 0 aliphatic heterocycles. The third-order valence-electron chi connectivity index (χ3n) is 3.51. The molecule has 0 aliphatic carbocycles. The fraction of sp³-hybridized carbons (Fsp3) is 0.125. The zero-order valence-electron chi connectivity index (χ0n) is 14.0. The van der Waals surface area contributed by atoms with E-state index in [4.69, 9.17) is 4.74 Å². The highest BCUT2D eigenvalue weighted by atomic mass is 32.2. The van der Waals surface area contributed by atoms with E-state index in [9.17, 15) is 13.2 Å². The smallest absolute Gasteiger partial charge is 0.343 e. The fourth-order valence-corrected chi connectivity index (χ4v) is 3.01. The lowest BCUT2D eigenvalue weighted by molar-refractivity contribution is 0.0734. The molecule has 134 valence electrons. The van der Waals surface area contributed by atoms with E-state index in [1.165, 1.54) is 49.4 Å². The Morgan fingerprint density at radius 2 is 1.85 bits per heavy atom. The summed E-state index contributed by atoms with van der Waals surface area (Å²) in [7, 11) is -0.670. The van der Waals surface area contributed by atoms with Crippen molar-refractivity contribution in [3.63, 3.8) is 0 Å². The van der Waals surface area contributed by atoms with Gasteiger partial charge in [-0.3, -0.25) is 0 Å². The van der Waals surface area contributed by atoms with Gasteiger partial charge in [0.1, 0.15) is 12.1 Å². The first-order valence-electron chi connectivity index (χ1n) is 7.46. The SMILES string of the molecule is CN(C)S(=O)(=O)c1ccc(C(=O)Oc2cccc(-n3cnnn3)c2)cc1. The van der Waals surface area contributed by atoms with Gasteiger partial charge >= 0.3 is 5.97 Å². The van der Waals surface area contributed by atoms with E-state index in [0.29, 0.717) is 11.4 Å². The van der Waals surface area contributed by atoms with Crippen LogP contribution in [0.3, 0.4) is 0 Å². The summed E-state index contributed by atoms with van der Waals surface area (Å²) in [6.45, 7) is 0. The van der Waals surface area contributed by atoms with Crippen LogP contribution in [0.25, 0.3) is 5.69 Å². The molecule has 0 unspecified atom stereocenters. The molecule has 3 aromatic rings.